The van der Waals surface area contributed by atoms with Gasteiger partial charge in [-0.05, 0) is 18.6 Å². The van der Waals surface area contributed by atoms with Gasteiger partial charge >= 0.3 is 0 Å². The van der Waals surface area contributed by atoms with Gasteiger partial charge in [-0.15, -0.1) is 0 Å². The molecule has 1 atom stereocenters. The Morgan fingerprint density at radius 2 is 1.80 bits per heavy atom. The Morgan fingerprint density at radius 1 is 1.20 bits per heavy atom. The van der Waals surface area contributed by atoms with Gasteiger partial charge in [-0.1, -0.05) is 0 Å². The van der Waals surface area contributed by atoms with Gasteiger partial charge in [-0.2, -0.15) is 0 Å². The maximum atomic E-state index is 12.0. The average molecular weight is 283 g/mol. The maximum absolute atomic E-state index is 12.0. The Bertz CT molecular complexity index is 413. The number of aliphatic hydroxyl groups is 1. The summed E-state index contributed by atoms with van der Waals surface area (Å²) in [6, 6.07) is 4.95. The molecule has 0 heterocycles. The lowest BCUT2D eigenvalue weighted by atomic mass is 10.2. The molecule has 0 spiro atoms. The summed E-state index contributed by atoms with van der Waals surface area (Å²) in [7, 11) is 4.57. The molecule has 0 aliphatic carbocycles. The van der Waals surface area contributed by atoms with Gasteiger partial charge in [-0.3, -0.25) is 4.79 Å². The Labute approximate surface area is 118 Å². The van der Waals surface area contributed by atoms with Gasteiger partial charge < -0.3 is 24.6 Å². The first-order valence-corrected chi connectivity index (χ1v) is 6.29. The number of carbonyl (C=O) groups excluding carboxylic acids is 1. The molecule has 0 aliphatic rings. The van der Waals surface area contributed by atoms with Crippen molar-refractivity contribution in [3.05, 3.63) is 23.8 Å². The van der Waals surface area contributed by atoms with E-state index in [2.05, 4.69) is 5.32 Å². The van der Waals surface area contributed by atoms with Gasteiger partial charge in [0, 0.05) is 25.3 Å². The van der Waals surface area contributed by atoms with Gasteiger partial charge in [-0.25, -0.2) is 0 Å². The summed E-state index contributed by atoms with van der Waals surface area (Å²) in [5, 5.41) is 12.2. The highest BCUT2D eigenvalue weighted by atomic mass is 16.5. The third kappa shape index (κ3) is 5.07. The zero-order chi connectivity index (χ0) is 15.0. The van der Waals surface area contributed by atoms with Crippen LogP contribution in [0.3, 0.4) is 0 Å². The fraction of sp³-hybridized carbons (Fsp3) is 0.500. The number of amides is 1. The molecule has 20 heavy (non-hydrogen) atoms. The van der Waals surface area contributed by atoms with Crippen LogP contribution in [0.15, 0.2) is 18.2 Å². The maximum Gasteiger partial charge on any atom is 0.251 e. The summed E-state index contributed by atoms with van der Waals surface area (Å²) in [5.74, 6) is 0.856. The number of benzene rings is 1. The number of carbonyl (C=O) groups is 1. The lowest BCUT2D eigenvalue weighted by molar-refractivity contribution is 0.0587. The molecular formula is C14H21NO5. The predicted molar refractivity (Wildman–Crippen MR) is 74.4 cm³/mol. The van der Waals surface area contributed by atoms with E-state index in [1.54, 1.807) is 18.2 Å². The number of nitrogens with one attached hydrogen (secondary N) is 1. The highest BCUT2D eigenvalue weighted by molar-refractivity contribution is 5.95. The van der Waals surface area contributed by atoms with E-state index in [1.807, 2.05) is 0 Å². The van der Waals surface area contributed by atoms with E-state index >= 15 is 0 Å². The van der Waals surface area contributed by atoms with Gasteiger partial charge in [0.15, 0.2) is 0 Å². The fourth-order valence-electron chi connectivity index (χ4n) is 1.67. The Balaban J connectivity index is 2.58. The molecule has 1 aromatic rings. The number of aliphatic hydroxyl groups excluding tert-OH is 1. The first-order chi connectivity index (χ1) is 9.60. The lowest BCUT2D eigenvalue weighted by Gasteiger charge is -2.11. The van der Waals surface area contributed by atoms with Crippen molar-refractivity contribution < 1.29 is 24.1 Å². The van der Waals surface area contributed by atoms with E-state index in [0.717, 1.165) is 0 Å². The highest BCUT2D eigenvalue weighted by Crippen LogP contribution is 2.22. The second kappa shape index (κ2) is 8.39. The van der Waals surface area contributed by atoms with E-state index < -0.39 is 6.10 Å². The first kappa shape index (κ1) is 16.3. The van der Waals surface area contributed by atoms with Gasteiger partial charge in [0.25, 0.3) is 5.91 Å². The standard InChI is InChI=1S/C14H21NO5/c1-18-9-11(16)4-5-15-14(17)10-6-12(19-2)8-13(7-10)20-3/h6-8,11,16H,4-5,9H2,1-3H3,(H,15,17). The molecule has 1 unspecified atom stereocenters. The number of hydrogen-bond donors (Lipinski definition) is 2. The number of hydrogen-bond acceptors (Lipinski definition) is 5. The summed E-state index contributed by atoms with van der Waals surface area (Å²) in [4.78, 5) is 12.0. The molecule has 2 N–H and O–H groups in total. The van der Waals surface area contributed by atoms with Crippen LogP contribution in [-0.4, -0.2) is 51.6 Å². The van der Waals surface area contributed by atoms with Crippen LogP contribution in [-0.2, 0) is 4.74 Å². The van der Waals surface area contributed by atoms with Crippen LogP contribution in [0.5, 0.6) is 11.5 Å². The molecule has 0 fully saturated rings. The largest absolute Gasteiger partial charge is 0.497 e. The van der Waals surface area contributed by atoms with Crippen molar-refractivity contribution in [1.29, 1.82) is 0 Å². The van der Waals surface area contributed by atoms with Crippen LogP contribution < -0.4 is 14.8 Å². The minimum absolute atomic E-state index is 0.244. The smallest absolute Gasteiger partial charge is 0.251 e. The van der Waals surface area contributed by atoms with Crippen LogP contribution in [0.2, 0.25) is 0 Å². The van der Waals surface area contributed by atoms with Crippen molar-refractivity contribution in [3.63, 3.8) is 0 Å². The monoisotopic (exact) mass is 283 g/mol. The third-order valence-corrected chi connectivity index (χ3v) is 2.74. The molecule has 0 aliphatic heterocycles. The first-order valence-electron chi connectivity index (χ1n) is 6.29. The van der Waals surface area contributed by atoms with Crippen molar-refractivity contribution in [2.24, 2.45) is 0 Å². The van der Waals surface area contributed by atoms with Crippen molar-refractivity contribution in [1.82, 2.24) is 5.32 Å². The molecule has 6 nitrogen and oxygen atoms in total. The van der Waals surface area contributed by atoms with Crippen molar-refractivity contribution in [2.45, 2.75) is 12.5 Å². The van der Waals surface area contributed by atoms with Gasteiger partial charge in [0.2, 0.25) is 0 Å². The molecular weight excluding hydrogens is 262 g/mol. The average Bonchev–Trinajstić information content (AvgIpc) is 2.46. The molecule has 0 saturated heterocycles. The molecule has 1 amide bonds. The third-order valence-electron chi connectivity index (χ3n) is 2.74. The Morgan fingerprint density at radius 3 is 2.30 bits per heavy atom. The number of ether oxygens (including phenoxy) is 3. The summed E-state index contributed by atoms with van der Waals surface area (Å²) in [6.45, 7) is 0.617. The Hall–Kier alpha value is -1.79. The lowest BCUT2D eigenvalue weighted by Crippen LogP contribution is -2.28. The minimum atomic E-state index is -0.583. The molecule has 0 bridgehead atoms. The van der Waals surface area contributed by atoms with Crippen molar-refractivity contribution >= 4 is 5.91 Å². The normalized spacial score (nSPS) is 11.8. The van der Waals surface area contributed by atoms with Gasteiger partial charge in [0.05, 0.1) is 26.9 Å². The molecule has 0 aromatic heterocycles. The van der Waals surface area contributed by atoms with E-state index in [0.29, 0.717) is 30.0 Å². The molecule has 0 radical (unpaired) electrons. The molecule has 112 valence electrons. The van der Waals surface area contributed by atoms with E-state index in [9.17, 15) is 9.90 Å². The second-order valence-electron chi connectivity index (χ2n) is 4.26. The van der Waals surface area contributed by atoms with E-state index in [1.165, 1.54) is 21.3 Å². The SMILES string of the molecule is COCC(O)CCNC(=O)c1cc(OC)cc(OC)c1. The fourth-order valence-corrected chi connectivity index (χ4v) is 1.67. The van der Waals surface area contributed by atoms with Crippen LogP contribution in [0.25, 0.3) is 0 Å². The van der Waals surface area contributed by atoms with E-state index in [-0.39, 0.29) is 12.5 Å². The van der Waals surface area contributed by atoms with Gasteiger partial charge in [0.1, 0.15) is 11.5 Å². The Kier molecular flexibility index (Phi) is 6.83. The summed E-state index contributed by atoms with van der Waals surface area (Å²) >= 11 is 0. The number of methoxy groups -OCH3 is 3. The number of rotatable bonds is 8. The second-order valence-corrected chi connectivity index (χ2v) is 4.26. The van der Waals surface area contributed by atoms with Crippen LogP contribution in [0.1, 0.15) is 16.8 Å². The van der Waals surface area contributed by atoms with Crippen LogP contribution in [0, 0.1) is 0 Å². The highest BCUT2D eigenvalue weighted by Gasteiger charge is 2.10. The van der Waals surface area contributed by atoms with Crippen molar-refractivity contribution in [2.75, 3.05) is 34.5 Å². The van der Waals surface area contributed by atoms with Crippen LogP contribution >= 0.6 is 0 Å². The summed E-state index contributed by atoms with van der Waals surface area (Å²) in [6.07, 6.45) is -0.152. The molecule has 1 aromatic carbocycles. The molecule has 1 rings (SSSR count). The van der Waals surface area contributed by atoms with E-state index in [4.69, 9.17) is 14.2 Å². The molecule has 0 saturated carbocycles. The quantitative estimate of drug-likeness (QED) is 0.739. The predicted octanol–water partition coefficient (Wildman–Crippen LogP) is 0.831. The topological polar surface area (TPSA) is 77.0 Å². The van der Waals surface area contributed by atoms with Crippen molar-refractivity contribution in [3.8, 4) is 11.5 Å². The summed E-state index contributed by atoms with van der Waals surface area (Å²) in [5.41, 5.74) is 0.447. The zero-order valence-electron chi connectivity index (χ0n) is 12.0. The zero-order valence-corrected chi connectivity index (χ0v) is 12.0. The van der Waals surface area contributed by atoms with Crippen LogP contribution in [0.4, 0.5) is 0 Å². The summed E-state index contributed by atoms with van der Waals surface area (Å²) < 4.78 is 15.0. The molecule has 6 heteroatoms. The minimum Gasteiger partial charge on any atom is -0.497 e.